The zero-order valence-electron chi connectivity index (χ0n) is 6.28. The van der Waals surface area contributed by atoms with Crippen molar-refractivity contribution in [3.05, 3.63) is 18.0 Å². The molecule has 0 aromatic carbocycles. The molecule has 4 nitrogen and oxygen atoms in total. The minimum atomic E-state index is -0.262. The third-order valence-corrected chi connectivity index (χ3v) is 1.49. The number of nitrogens with zero attached hydrogens (tertiary/aromatic N) is 2. The van der Waals surface area contributed by atoms with Crippen molar-refractivity contribution >= 4 is 0 Å². The molecule has 0 fully saturated rings. The van der Waals surface area contributed by atoms with Gasteiger partial charge in [0.15, 0.2) is 0 Å². The summed E-state index contributed by atoms with van der Waals surface area (Å²) in [6.07, 6.45) is 6.89. The Bertz CT molecular complexity index is 270. The van der Waals surface area contributed by atoms with Crippen molar-refractivity contribution in [3.63, 3.8) is 0 Å². The molecule has 0 spiro atoms. The summed E-state index contributed by atoms with van der Waals surface area (Å²) in [5, 5.41) is 3.96. The molecule has 1 aromatic rings. The molecular formula is C7H10N4. The lowest BCUT2D eigenvalue weighted by molar-refractivity contribution is 0.601. The van der Waals surface area contributed by atoms with Gasteiger partial charge < -0.3 is 0 Å². The fourth-order valence-electron chi connectivity index (χ4n) is 0.886. The highest BCUT2D eigenvalue weighted by Crippen LogP contribution is 2.07. The molecule has 3 N–H and O–H groups in total. The van der Waals surface area contributed by atoms with E-state index in [4.69, 9.17) is 12.3 Å². The maximum absolute atomic E-state index is 5.21. The first kappa shape index (κ1) is 7.79. The molecule has 0 saturated heterocycles. The van der Waals surface area contributed by atoms with Crippen LogP contribution in [0.5, 0.6) is 0 Å². The summed E-state index contributed by atoms with van der Waals surface area (Å²) in [5.74, 6) is 7.71. The number of nitrogens with one attached hydrogen (secondary N) is 1. The number of aromatic nitrogens is 2. The van der Waals surface area contributed by atoms with E-state index in [9.17, 15) is 0 Å². The van der Waals surface area contributed by atoms with Crippen LogP contribution in [0.15, 0.2) is 12.3 Å². The number of rotatable bonds is 2. The van der Waals surface area contributed by atoms with E-state index in [1.807, 2.05) is 13.1 Å². The molecule has 58 valence electrons. The maximum Gasteiger partial charge on any atom is 0.123 e. The molecule has 0 aliphatic rings. The average molecular weight is 150 g/mol. The molecule has 0 radical (unpaired) electrons. The van der Waals surface area contributed by atoms with Crippen molar-refractivity contribution in [1.82, 2.24) is 15.2 Å². The molecule has 11 heavy (non-hydrogen) atoms. The van der Waals surface area contributed by atoms with Gasteiger partial charge in [-0.05, 0) is 6.07 Å². The Morgan fingerprint density at radius 2 is 2.64 bits per heavy atom. The molecule has 1 atom stereocenters. The van der Waals surface area contributed by atoms with Gasteiger partial charge in [0, 0.05) is 13.2 Å². The van der Waals surface area contributed by atoms with Gasteiger partial charge in [0.2, 0.25) is 0 Å². The molecule has 0 saturated carbocycles. The largest absolute Gasteiger partial charge is 0.270 e. The summed E-state index contributed by atoms with van der Waals surface area (Å²) < 4.78 is 1.68. The number of terminal acetylenes is 1. The van der Waals surface area contributed by atoms with Gasteiger partial charge >= 0.3 is 0 Å². The monoisotopic (exact) mass is 150 g/mol. The second-order valence-electron chi connectivity index (χ2n) is 2.15. The zero-order valence-corrected chi connectivity index (χ0v) is 6.28. The van der Waals surface area contributed by atoms with Crippen LogP contribution in [0.1, 0.15) is 11.7 Å². The molecule has 1 unspecified atom stereocenters. The first-order valence-corrected chi connectivity index (χ1v) is 3.19. The number of hydrogen-bond acceptors (Lipinski definition) is 3. The summed E-state index contributed by atoms with van der Waals surface area (Å²) in [5.41, 5.74) is 3.38. The molecular weight excluding hydrogens is 140 g/mol. The quantitative estimate of drug-likeness (QED) is 0.341. The normalized spacial score (nSPS) is 12.5. The minimum Gasteiger partial charge on any atom is -0.270 e. The van der Waals surface area contributed by atoms with Crippen LogP contribution in [0.4, 0.5) is 0 Å². The maximum atomic E-state index is 5.21. The van der Waals surface area contributed by atoms with Crippen molar-refractivity contribution in [1.29, 1.82) is 0 Å². The third-order valence-electron chi connectivity index (χ3n) is 1.49. The lowest BCUT2D eigenvalue weighted by Crippen LogP contribution is -2.28. The van der Waals surface area contributed by atoms with E-state index >= 15 is 0 Å². The van der Waals surface area contributed by atoms with Gasteiger partial charge in [0.25, 0.3) is 0 Å². The van der Waals surface area contributed by atoms with Gasteiger partial charge in [-0.1, -0.05) is 5.92 Å². The number of hydrazine groups is 1. The standard InChI is InChI=1S/C7H10N4/c1-3-6(10-8)7-4-5-9-11(7)2/h1,4-6,10H,8H2,2H3. The van der Waals surface area contributed by atoms with Crippen LogP contribution in [-0.4, -0.2) is 9.78 Å². The van der Waals surface area contributed by atoms with Crippen molar-refractivity contribution in [2.75, 3.05) is 0 Å². The summed E-state index contributed by atoms with van der Waals surface area (Å²) in [6.45, 7) is 0. The Labute approximate surface area is 65.4 Å². The van der Waals surface area contributed by atoms with E-state index in [2.05, 4.69) is 16.4 Å². The first-order chi connectivity index (χ1) is 5.29. The van der Waals surface area contributed by atoms with Crippen LogP contribution in [0.3, 0.4) is 0 Å². The molecule has 1 aromatic heterocycles. The van der Waals surface area contributed by atoms with E-state index in [-0.39, 0.29) is 6.04 Å². The van der Waals surface area contributed by atoms with Crippen LogP contribution < -0.4 is 11.3 Å². The predicted molar refractivity (Wildman–Crippen MR) is 42.1 cm³/mol. The highest BCUT2D eigenvalue weighted by atomic mass is 15.3. The zero-order chi connectivity index (χ0) is 8.27. The van der Waals surface area contributed by atoms with E-state index in [0.717, 1.165) is 5.69 Å². The molecule has 1 heterocycles. The van der Waals surface area contributed by atoms with Crippen molar-refractivity contribution in [2.24, 2.45) is 12.9 Å². The fraction of sp³-hybridized carbons (Fsp3) is 0.286. The first-order valence-electron chi connectivity index (χ1n) is 3.19. The average Bonchev–Trinajstić information content (AvgIpc) is 2.40. The Hall–Kier alpha value is -1.31. The van der Waals surface area contributed by atoms with Gasteiger partial charge in [-0.3, -0.25) is 10.5 Å². The third kappa shape index (κ3) is 1.40. The Morgan fingerprint density at radius 3 is 3.00 bits per heavy atom. The molecule has 4 heteroatoms. The van der Waals surface area contributed by atoms with Gasteiger partial charge in [0.05, 0.1) is 5.69 Å². The van der Waals surface area contributed by atoms with Crippen molar-refractivity contribution < 1.29 is 0 Å². The summed E-state index contributed by atoms with van der Waals surface area (Å²) in [6, 6.07) is 1.56. The van der Waals surface area contributed by atoms with E-state index in [1.54, 1.807) is 10.9 Å². The van der Waals surface area contributed by atoms with Crippen molar-refractivity contribution in [3.8, 4) is 12.3 Å². The Balaban J connectivity index is 2.92. The minimum absolute atomic E-state index is 0.262. The number of aryl methyl sites for hydroxylation is 1. The van der Waals surface area contributed by atoms with Crippen LogP contribution in [0.2, 0.25) is 0 Å². The van der Waals surface area contributed by atoms with Gasteiger partial charge in [-0.25, -0.2) is 5.43 Å². The molecule has 0 bridgehead atoms. The summed E-state index contributed by atoms with van der Waals surface area (Å²) in [4.78, 5) is 0. The second kappa shape index (κ2) is 3.19. The summed E-state index contributed by atoms with van der Waals surface area (Å²) >= 11 is 0. The smallest absolute Gasteiger partial charge is 0.123 e. The number of hydrogen-bond donors (Lipinski definition) is 2. The molecule has 0 aliphatic carbocycles. The molecule has 0 aliphatic heterocycles. The van der Waals surface area contributed by atoms with Gasteiger partial charge in [0.1, 0.15) is 6.04 Å². The van der Waals surface area contributed by atoms with E-state index in [0.29, 0.717) is 0 Å². The van der Waals surface area contributed by atoms with E-state index in [1.165, 1.54) is 0 Å². The topological polar surface area (TPSA) is 55.9 Å². The fourth-order valence-corrected chi connectivity index (χ4v) is 0.886. The number of nitrogens with two attached hydrogens (primary N) is 1. The lowest BCUT2D eigenvalue weighted by Gasteiger charge is -2.08. The lowest BCUT2D eigenvalue weighted by atomic mass is 10.2. The molecule has 0 amide bonds. The van der Waals surface area contributed by atoms with E-state index < -0.39 is 0 Å². The van der Waals surface area contributed by atoms with Crippen LogP contribution >= 0.6 is 0 Å². The summed E-state index contributed by atoms with van der Waals surface area (Å²) in [7, 11) is 1.82. The highest BCUT2D eigenvalue weighted by Gasteiger charge is 2.08. The SMILES string of the molecule is C#CC(NN)c1ccnn1C. The van der Waals surface area contributed by atoms with Gasteiger partial charge in [-0.2, -0.15) is 5.10 Å². The van der Waals surface area contributed by atoms with Gasteiger partial charge in [-0.15, -0.1) is 6.42 Å². The van der Waals surface area contributed by atoms with Crippen LogP contribution in [-0.2, 0) is 7.05 Å². The molecule has 1 rings (SSSR count). The van der Waals surface area contributed by atoms with Crippen LogP contribution in [0, 0.1) is 12.3 Å². The predicted octanol–water partition coefficient (Wildman–Crippen LogP) is -0.442. The Kier molecular flexibility index (Phi) is 2.26. The highest BCUT2D eigenvalue weighted by molar-refractivity contribution is 5.16. The Morgan fingerprint density at radius 1 is 1.91 bits per heavy atom. The van der Waals surface area contributed by atoms with Crippen molar-refractivity contribution in [2.45, 2.75) is 6.04 Å². The second-order valence-corrected chi connectivity index (χ2v) is 2.15. The van der Waals surface area contributed by atoms with Crippen LogP contribution in [0.25, 0.3) is 0 Å².